The van der Waals surface area contributed by atoms with Crippen molar-refractivity contribution in [2.45, 2.75) is 48.5 Å². The molecule has 0 heterocycles. The third kappa shape index (κ3) is 6.73. The van der Waals surface area contributed by atoms with Crippen molar-refractivity contribution in [2.24, 2.45) is 5.92 Å². The molecule has 0 aliphatic heterocycles. The van der Waals surface area contributed by atoms with Gasteiger partial charge in [0.15, 0.2) is 0 Å². The van der Waals surface area contributed by atoms with Crippen molar-refractivity contribution in [1.82, 2.24) is 0 Å². The van der Waals surface area contributed by atoms with E-state index in [1.54, 1.807) is 35.0 Å². The first-order valence-electron chi connectivity index (χ1n) is 10.9. The van der Waals surface area contributed by atoms with Gasteiger partial charge in [-0.2, -0.15) is 0 Å². The Bertz CT molecular complexity index is 1120. The molecule has 6 heteroatoms. The van der Waals surface area contributed by atoms with E-state index in [0.29, 0.717) is 22.6 Å². The van der Waals surface area contributed by atoms with E-state index in [4.69, 9.17) is 19.7 Å². The lowest BCUT2D eigenvalue weighted by molar-refractivity contribution is -0.139. The van der Waals surface area contributed by atoms with Crippen LogP contribution < -0.4 is 9.47 Å². The summed E-state index contributed by atoms with van der Waals surface area (Å²) in [5, 5.41) is 18.0. The Labute approximate surface area is 202 Å². The molecule has 0 aromatic heterocycles. The molecule has 1 atom stereocenters. The molecule has 34 heavy (non-hydrogen) atoms. The Morgan fingerprint density at radius 2 is 1.18 bits per heavy atom. The van der Waals surface area contributed by atoms with Crippen LogP contribution in [0.3, 0.4) is 0 Å². The fourth-order valence-corrected chi connectivity index (χ4v) is 3.21. The average Bonchev–Trinajstić information content (AvgIpc) is 2.80. The first-order valence-corrected chi connectivity index (χ1v) is 10.9. The van der Waals surface area contributed by atoms with Crippen molar-refractivity contribution in [3.63, 3.8) is 0 Å². The smallest absolute Gasteiger partial charge is 0.331 e. The number of carbonyl (C=O) groups is 2. The molecule has 2 aromatic carbocycles. The van der Waals surface area contributed by atoms with Crippen LogP contribution in [0.25, 0.3) is 11.1 Å². The highest BCUT2D eigenvalue weighted by molar-refractivity contribution is 5.96. The molecule has 0 spiro atoms. The van der Waals surface area contributed by atoms with Crippen LogP contribution in [0, 0.1) is 33.6 Å². The van der Waals surface area contributed by atoms with Crippen LogP contribution >= 0.6 is 0 Å². The molecule has 0 saturated heterocycles. The number of hydrogen-bond donors (Lipinski definition) is 2. The molecule has 0 aliphatic carbocycles. The Kier molecular flexibility index (Phi) is 10.1. The molecule has 1 unspecified atom stereocenters. The van der Waals surface area contributed by atoms with E-state index in [9.17, 15) is 9.59 Å². The SMILES string of the molecule is C=C(c1cc(C)c(C)cc1OC)C(C)C(=O)O.COc1cc(C)c(C)cc1/C(C)=C(/C)C(=O)O. The topological polar surface area (TPSA) is 93.1 Å². The number of allylic oxidation sites excluding steroid dienone is 1. The average molecular weight is 469 g/mol. The van der Waals surface area contributed by atoms with Crippen molar-refractivity contribution in [2.75, 3.05) is 14.2 Å². The van der Waals surface area contributed by atoms with Crippen molar-refractivity contribution >= 4 is 23.1 Å². The third-order valence-electron chi connectivity index (χ3n) is 6.16. The van der Waals surface area contributed by atoms with Gasteiger partial charge in [-0.15, -0.1) is 0 Å². The standard InChI is InChI=1S/2C14H18O3/c2*1-8-6-12(10(3)11(4)14(15)16)13(17-5)7-9(8)2/h6-7H,1-5H3,(H,15,16);6-7,11H,3H2,1-2,4-5H3,(H,15,16)/b11-10-;. The summed E-state index contributed by atoms with van der Waals surface area (Å²) in [6, 6.07) is 7.74. The molecule has 6 nitrogen and oxygen atoms in total. The summed E-state index contributed by atoms with van der Waals surface area (Å²) in [6.45, 7) is 16.9. The molecule has 0 fully saturated rings. The van der Waals surface area contributed by atoms with E-state index in [0.717, 1.165) is 39.0 Å². The zero-order chi connectivity index (χ0) is 26.3. The minimum atomic E-state index is -0.900. The van der Waals surface area contributed by atoms with Gasteiger partial charge in [0.05, 0.1) is 20.1 Å². The van der Waals surface area contributed by atoms with Gasteiger partial charge in [-0.25, -0.2) is 4.79 Å². The second kappa shape index (κ2) is 12.1. The zero-order valence-electron chi connectivity index (χ0n) is 21.6. The van der Waals surface area contributed by atoms with Crippen LogP contribution in [0.15, 0.2) is 36.4 Å². The lowest BCUT2D eigenvalue weighted by atomic mass is 9.92. The molecular weight excluding hydrogens is 432 g/mol. The highest BCUT2D eigenvalue weighted by Crippen LogP contribution is 2.33. The van der Waals surface area contributed by atoms with Crippen molar-refractivity contribution in [3.8, 4) is 11.5 Å². The van der Waals surface area contributed by atoms with Crippen LogP contribution in [0.2, 0.25) is 0 Å². The predicted octanol–water partition coefficient (Wildman–Crippen LogP) is 6.24. The minimum absolute atomic E-state index is 0.339. The van der Waals surface area contributed by atoms with Gasteiger partial charge in [0.2, 0.25) is 0 Å². The summed E-state index contributed by atoms with van der Waals surface area (Å²) in [5.41, 5.74) is 7.72. The van der Waals surface area contributed by atoms with Crippen LogP contribution in [-0.4, -0.2) is 36.4 Å². The quantitative estimate of drug-likeness (QED) is 0.468. The van der Waals surface area contributed by atoms with E-state index in [1.807, 2.05) is 52.0 Å². The summed E-state index contributed by atoms with van der Waals surface area (Å²) < 4.78 is 10.6. The number of aryl methyl sites for hydroxylation is 4. The van der Waals surface area contributed by atoms with Crippen molar-refractivity contribution in [3.05, 3.63) is 69.8 Å². The van der Waals surface area contributed by atoms with E-state index >= 15 is 0 Å². The monoisotopic (exact) mass is 468 g/mol. The number of ether oxygens (including phenoxy) is 2. The first kappa shape index (κ1) is 28.5. The zero-order valence-corrected chi connectivity index (χ0v) is 21.6. The fourth-order valence-electron chi connectivity index (χ4n) is 3.21. The Hall–Kier alpha value is -3.54. The number of carboxylic acid groups (broad SMARTS) is 2. The molecule has 2 rings (SSSR count). The number of hydrogen-bond acceptors (Lipinski definition) is 4. The summed E-state index contributed by atoms with van der Waals surface area (Å²) in [6.07, 6.45) is 0. The summed E-state index contributed by atoms with van der Waals surface area (Å²) in [5.74, 6) is -1.01. The van der Waals surface area contributed by atoms with Gasteiger partial charge in [0, 0.05) is 16.7 Å². The van der Waals surface area contributed by atoms with Crippen LogP contribution in [0.1, 0.15) is 54.2 Å². The summed E-state index contributed by atoms with van der Waals surface area (Å²) in [7, 11) is 3.17. The lowest BCUT2D eigenvalue weighted by Crippen LogP contribution is -2.11. The van der Waals surface area contributed by atoms with Gasteiger partial charge in [0.1, 0.15) is 11.5 Å². The van der Waals surface area contributed by atoms with Gasteiger partial charge in [-0.3, -0.25) is 4.79 Å². The van der Waals surface area contributed by atoms with Crippen LogP contribution in [-0.2, 0) is 9.59 Å². The highest BCUT2D eigenvalue weighted by Gasteiger charge is 2.19. The van der Waals surface area contributed by atoms with E-state index in [-0.39, 0.29) is 0 Å². The molecule has 0 amide bonds. The maximum Gasteiger partial charge on any atom is 0.331 e. The third-order valence-corrected chi connectivity index (χ3v) is 6.16. The number of benzene rings is 2. The first-order chi connectivity index (χ1) is 15.8. The molecular formula is C28H36O6. The Balaban J connectivity index is 0.000000340. The number of aliphatic carboxylic acids is 2. The van der Waals surface area contributed by atoms with Gasteiger partial charge < -0.3 is 19.7 Å². The second-order valence-electron chi connectivity index (χ2n) is 8.41. The maximum absolute atomic E-state index is 11.0. The van der Waals surface area contributed by atoms with Gasteiger partial charge in [0.25, 0.3) is 0 Å². The lowest BCUT2D eigenvalue weighted by Gasteiger charge is -2.16. The van der Waals surface area contributed by atoms with Crippen LogP contribution in [0.5, 0.6) is 11.5 Å². The maximum atomic E-state index is 11.0. The molecule has 184 valence electrons. The van der Waals surface area contributed by atoms with Gasteiger partial charge in [-0.05, 0) is 106 Å². The summed E-state index contributed by atoms with van der Waals surface area (Å²) >= 11 is 0. The minimum Gasteiger partial charge on any atom is -0.496 e. The second-order valence-corrected chi connectivity index (χ2v) is 8.41. The molecule has 2 N–H and O–H groups in total. The highest BCUT2D eigenvalue weighted by atomic mass is 16.5. The van der Waals surface area contributed by atoms with Gasteiger partial charge >= 0.3 is 11.9 Å². The normalized spacial score (nSPS) is 12.0. The van der Waals surface area contributed by atoms with Crippen molar-refractivity contribution < 1.29 is 29.3 Å². The van der Waals surface area contributed by atoms with E-state index < -0.39 is 17.9 Å². The predicted molar refractivity (Wildman–Crippen MR) is 137 cm³/mol. The van der Waals surface area contributed by atoms with Crippen LogP contribution in [0.4, 0.5) is 0 Å². The molecule has 0 aliphatic rings. The molecule has 2 aromatic rings. The fraction of sp³-hybridized carbons (Fsp3) is 0.357. The van der Waals surface area contributed by atoms with Gasteiger partial charge in [-0.1, -0.05) is 6.58 Å². The number of rotatable bonds is 7. The van der Waals surface area contributed by atoms with E-state index in [2.05, 4.69) is 6.58 Å². The number of carboxylic acids is 2. The Morgan fingerprint density at radius 1 is 0.794 bits per heavy atom. The molecule has 0 bridgehead atoms. The molecule has 0 saturated carbocycles. The van der Waals surface area contributed by atoms with Crippen molar-refractivity contribution in [1.29, 1.82) is 0 Å². The number of methoxy groups -OCH3 is 2. The summed E-state index contributed by atoms with van der Waals surface area (Å²) in [4.78, 5) is 21.9. The van der Waals surface area contributed by atoms with E-state index in [1.165, 1.54) is 0 Å². The Morgan fingerprint density at radius 3 is 1.56 bits per heavy atom. The molecule has 0 radical (unpaired) electrons. The largest absolute Gasteiger partial charge is 0.496 e.